The molecular formula is C13H15NO3S. The number of H-pyrrole nitrogens is 1. The SMILES string of the molecule is CCC(Oc1ccccc1)SCc1c[nH]c(=O)o1. The van der Waals surface area contributed by atoms with Crippen molar-refractivity contribution in [1.82, 2.24) is 4.98 Å². The smallest absolute Gasteiger partial charge is 0.416 e. The second-order valence-electron chi connectivity index (χ2n) is 3.72. The zero-order chi connectivity index (χ0) is 12.8. The van der Waals surface area contributed by atoms with E-state index in [2.05, 4.69) is 11.9 Å². The van der Waals surface area contributed by atoms with Crippen molar-refractivity contribution in [2.45, 2.75) is 24.5 Å². The first kappa shape index (κ1) is 12.8. The van der Waals surface area contributed by atoms with Crippen LogP contribution in [0.5, 0.6) is 5.75 Å². The van der Waals surface area contributed by atoms with Gasteiger partial charge in [-0.3, -0.25) is 4.98 Å². The number of para-hydroxylation sites is 1. The fourth-order valence-electron chi connectivity index (χ4n) is 1.45. The fraction of sp³-hybridized carbons (Fsp3) is 0.308. The number of aromatic nitrogens is 1. The van der Waals surface area contributed by atoms with Crippen molar-refractivity contribution in [2.24, 2.45) is 0 Å². The molecule has 2 rings (SSSR count). The minimum Gasteiger partial charge on any atom is -0.480 e. The minimum atomic E-state index is -0.414. The van der Waals surface area contributed by atoms with E-state index in [1.807, 2.05) is 30.3 Å². The first-order valence-electron chi connectivity index (χ1n) is 5.78. The Hall–Kier alpha value is -1.62. The third kappa shape index (κ3) is 3.70. The van der Waals surface area contributed by atoms with Gasteiger partial charge in [-0.15, -0.1) is 11.8 Å². The van der Waals surface area contributed by atoms with Gasteiger partial charge in [0.25, 0.3) is 0 Å². The van der Waals surface area contributed by atoms with Crippen LogP contribution in [0.25, 0.3) is 0 Å². The highest BCUT2D eigenvalue weighted by Crippen LogP contribution is 2.23. The molecule has 0 aliphatic rings. The van der Waals surface area contributed by atoms with Gasteiger partial charge in [0, 0.05) is 6.20 Å². The van der Waals surface area contributed by atoms with E-state index >= 15 is 0 Å². The van der Waals surface area contributed by atoms with Crippen LogP contribution in [-0.4, -0.2) is 10.4 Å². The molecule has 0 amide bonds. The number of rotatable bonds is 6. The molecule has 5 heteroatoms. The summed E-state index contributed by atoms with van der Waals surface area (Å²) in [7, 11) is 0. The Morgan fingerprint density at radius 2 is 2.17 bits per heavy atom. The maximum absolute atomic E-state index is 10.8. The molecule has 0 radical (unpaired) electrons. The van der Waals surface area contributed by atoms with Gasteiger partial charge >= 0.3 is 5.76 Å². The topological polar surface area (TPSA) is 55.2 Å². The lowest BCUT2D eigenvalue weighted by molar-refractivity contribution is 0.283. The average Bonchev–Trinajstić information content (AvgIpc) is 2.81. The van der Waals surface area contributed by atoms with E-state index in [1.165, 1.54) is 0 Å². The summed E-state index contributed by atoms with van der Waals surface area (Å²) < 4.78 is 10.8. The lowest BCUT2D eigenvalue weighted by atomic mass is 10.3. The number of hydrogen-bond acceptors (Lipinski definition) is 4. The van der Waals surface area contributed by atoms with Crippen molar-refractivity contribution >= 4 is 11.8 Å². The highest BCUT2D eigenvalue weighted by molar-refractivity contribution is 7.99. The summed E-state index contributed by atoms with van der Waals surface area (Å²) in [5, 5.41) is 0. The average molecular weight is 265 g/mol. The van der Waals surface area contributed by atoms with E-state index < -0.39 is 5.76 Å². The fourth-order valence-corrected chi connectivity index (χ4v) is 2.36. The zero-order valence-electron chi connectivity index (χ0n) is 10.1. The molecule has 1 atom stereocenters. The third-order valence-electron chi connectivity index (χ3n) is 2.33. The van der Waals surface area contributed by atoms with Crippen LogP contribution in [-0.2, 0) is 5.75 Å². The number of aromatic amines is 1. The first-order valence-corrected chi connectivity index (χ1v) is 6.83. The Morgan fingerprint density at radius 3 is 2.78 bits per heavy atom. The molecule has 0 fully saturated rings. The molecule has 96 valence electrons. The summed E-state index contributed by atoms with van der Waals surface area (Å²) in [5.74, 6) is 1.69. The van der Waals surface area contributed by atoms with Crippen LogP contribution in [0.2, 0.25) is 0 Å². The number of nitrogens with one attached hydrogen (secondary N) is 1. The van der Waals surface area contributed by atoms with Crippen LogP contribution in [0.4, 0.5) is 0 Å². The molecule has 4 nitrogen and oxygen atoms in total. The van der Waals surface area contributed by atoms with Gasteiger partial charge in [0.15, 0.2) is 0 Å². The Bertz CT molecular complexity index is 520. The molecule has 2 aromatic rings. The molecule has 0 bridgehead atoms. The minimum absolute atomic E-state index is 0.0487. The van der Waals surface area contributed by atoms with E-state index in [0.717, 1.165) is 12.2 Å². The van der Waals surface area contributed by atoms with Gasteiger partial charge in [-0.05, 0) is 18.6 Å². The predicted molar refractivity (Wildman–Crippen MR) is 71.8 cm³/mol. The quantitative estimate of drug-likeness (QED) is 0.816. The summed E-state index contributed by atoms with van der Waals surface area (Å²) in [6.07, 6.45) is 2.47. The van der Waals surface area contributed by atoms with Crippen molar-refractivity contribution in [3.05, 3.63) is 52.8 Å². The monoisotopic (exact) mass is 265 g/mol. The van der Waals surface area contributed by atoms with E-state index in [1.54, 1.807) is 18.0 Å². The molecule has 1 unspecified atom stereocenters. The van der Waals surface area contributed by atoms with Gasteiger partial charge in [0.1, 0.15) is 16.9 Å². The van der Waals surface area contributed by atoms with Crippen molar-refractivity contribution < 1.29 is 9.15 Å². The van der Waals surface area contributed by atoms with Crippen LogP contribution in [0.3, 0.4) is 0 Å². The highest BCUT2D eigenvalue weighted by Gasteiger charge is 2.10. The Labute approximate surface area is 109 Å². The molecule has 1 aromatic heterocycles. The van der Waals surface area contributed by atoms with Gasteiger partial charge in [-0.2, -0.15) is 0 Å². The van der Waals surface area contributed by atoms with Crippen molar-refractivity contribution in [3.8, 4) is 5.75 Å². The lowest BCUT2D eigenvalue weighted by Gasteiger charge is -2.16. The van der Waals surface area contributed by atoms with Crippen LogP contribution in [0.1, 0.15) is 19.1 Å². The zero-order valence-corrected chi connectivity index (χ0v) is 10.9. The second-order valence-corrected chi connectivity index (χ2v) is 4.87. The van der Waals surface area contributed by atoms with Crippen molar-refractivity contribution in [3.63, 3.8) is 0 Å². The second kappa shape index (κ2) is 6.35. The normalized spacial score (nSPS) is 12.3. The molecular weight excluding hydrogens is 250 g/mol. The largest absolute Gasteiger partial charge is 0.480 e. The van der Waals surface area contributed by atoms with Crippen molar-refractivity contribution in [2.75, 3.05) is 0 Å². The first-order chi connectivity index (χ1) is 8.78. The van der Waals surface area contributed by atoms with Crippen LogP contribution < -0.4 is 10.5 Å². The molecule has 0 aliphatic heterocycles. The highest BCUT2D eigenvalue weighted by atomic mass is 32.2. The molecule has 18 heavy (non-hydrogen) atoms. The molecule has 0 aliphatic carbocycles. The molecule has 0 saturated heterocycles. The number of benzene rings is 1. The van der Waals surface area contributed by atoms with Gasteiger partial charge < -0.3 is 9.15 Å². The summed E-state index contributed by atoms with van der Waals surface area (Å²) >= 11 is 1.61. The van der Waals surface area contributed by atoms with E-state index in [-0.39, 0.29) is 5.44 Å². The molecule has 1 aromatic carbocycles. The molecule has 1 N–H and O–H groups in total. The number of hydrogen-bond donors (Lipinski definition) is 1. The van der Waals surface area contributed by atoms with Gasteiger partial charge in [0.2, 0.25) is 0 Å². The van der Waals surface area contributed by atoms with E-state index in [9.17, 15) is 4.79 Å². The summed E-state index contributed by atoms with van der Waals surface area (Å²) in [6.45, 7) is 2.06. The Morgan fingerprint density at radius 1 is 1.39 bits per heavy atom. The number of thioether (sulfide) groups is 1. The maximum atomic E-state index is 10.8. The summed E-state index contributed by atoms with van der Waals surface area (Å²) in [6, 6.07) is 9.70. The maximum Gasteiger partial charge on any atom is 0.416 e. The van der Waals surface area contributed by atoms with Crippen molar-refractivity contribution in [1.29, 1.82) is 0 Å². The number of ether oxygens (including phenoxy) is 1. The van der Waals surface area contributed by atoms with Gasteiger partial charge in [0.05, 0.1) is 5.75 Å². The lowest BCUT2D eigenvalue weighted by Crippen LogP contribution is -2.10. The van der Waals surface area contributed by atoms with Crippen LogP contribution >= 0.6 is 11.8 Å². The van der Waals surface area contributed by atoms with E-state index in [4.69, 9.17) is 9.15 Å². The molecule has 1 heterocycles. The standard InChI is InChI=1S/C13H15NO3S/c1-2-12(16-10-6-4-3-5-7-10)18-9-11-8-14-13(15)17-11/h3-8,12H,2,9H2,1H3,(H,14,15). The van der Waals surface area contributed by atoms with E-state index in [0.29, 0.717) is 11.5 Å². The van der Waals surface area contributed by atoms with Gasteiger partial charge in [-0.1, -0.05) is 25.1 Å². The third-order valence-corrected chi connectivity index (χ3v) is 3.58. The van der Waals surface area contributed by atoms with Gasteiger partial charge in [-0.25, -0.2) is 4.79 Å². The predicted octanol–water partition coefficient (Wildman–Crippen LogP) is 3.02. The summed E-state index contributed by atoms with van der Waals surface area (Å²) in [5.41, 5.74) is 0.0487. The Kier molecular flexibility index (Phi) is 4.52. The van der Waals surface area contributed by atoms with Crippen LogP contribution in [0.15, 0.2) is 45.7 Å². The van der Waals surface area contributed by atoms with Crippen LogP contribution in [0, 0.1) is 0 Å². The molecule has 0 spiro atoms. The number of oxazole rings is 1. The molecule has 0 saturated carbocycles. The Balaban J connectivity index is 1.88. The summed E-state index contributed by atoms with van der Waals surface area (Å²) in [4.78, 5) is 13.3.